The molecule has 0 spiro atoms. The van der Waals surface area contributed by atoms with Crippen LogP contribution < -0.4 is 23.5 Å². The Hall–Kier alpha value is 0.520. The summed E-state index contributed by atoms with van der Waals surface area (Å²) in [5.41, 5.74) is 0. The van der Waals surface area contributed by atoms with E-state index in [1.165, 1.54) is 0 Å². The Morgan fingerprint density at radius 2 is 0.333 bits per heavy atom. The summed E-state index contributed by atoms with van der Waals surface area (Å²) in [6.07, 6.45) is 0. The summed E-state index contributed by atoms with van der Waals surface area (Å²) < 4.78 is 0. The predicted molar refractivity (Wildman–Crippen MR) is 0 cm³/mol. The molecule has 0 aromatic carbocycles. The first-order valence-electron chi connectivity index (χ1n) is 0. The van der Waals surface area contributed by atoms with Crippen molar-refractivity contribution in [1.29, 1.82) is 0 Å². The molecule has 0 saturated carbocycles. The Balaban J connectivity index is 0. The number of hydrogen-bond acceptors (Lipinski definition) is 0. The molecule has 0 aromatic rings. The van der Waals surface area contributed by atoms with E-state index in [0.717, 1.165) is 0 Å². The van der Waals surface area contributed by atoms with E-state index in [0.29, 0.717) is 0 Å². The summed E-state index contributed by atoms with van der Waals surface area (Å²) in [5.74, 6) is 0. The van der Waals surface area contributed by atoms with Crippen molar-refractivity contribution in [2.45, 2.75) is 0 Å². The van der Waals surface area contributed by atoms with Crippen LogP contribution in [-0.2, 0) is 25.8 Å². The number of rotatable bonds is 0. The molecule has 6 heavy (non-hydrogen) atoms. The fraction of sp³-hybridized carbons (Fsp3) is 0. The third-order valence-corrected chi connectivity index (χ3v) is 0. The average molecular weight is 273 g/mol. The SMILES string of the molecule is [F-].[F-].[F-].[F-].[F-].[Hf+5]. The van der Waals surface area contributed by atoms with Crippen molar-refractivity contribution < 1.29 is 49.4 Å². The van der Waals surface area contributed by atoms with Gasteiger partial charge in [0.25, 0.3) is 0 Å². The minimum Gasteiger partial charge on any atom is -1.00 e. The third-order valence-electron chi connectivity index (χ3n) is 0. The Labute approximate surface area is 49.9 Å². The van der Waals surface area contributed by atoms with E-state index in [1.54, 1.807) is 0 Å². The molecule has 0 aromatic heterocycles. The van der Waals surface area contributed by atoms with Crippen molar-refractivity contribution in [2.75, 3.05) is 0 Å². The number of hydrogen-bond donors (Lipinski definition) is 0. The maximum atomic E-state index is 0. The van der Waals surface area contributed by atoms with Crippen molar-refractivity contribution in [2.24, 2.45) is 0 Å². The van der Waals surface area contributed by atoms with Crippen LogP contribution in [0.15, 0.2) is 0 Å². The van der Waals surface area contributed by atoms with Crippen LogP contribution in [0.4, 0.5) is 0 Å². The molecule has 0 aliphatic carbocycles. The summed E-state index contributed by atoms with van der Waals surface area (Å²) in [7, 11) is 0. The van der Waals surface area contributed by atoms with E-state index in [9.17, 15) is 0 Å². The monoisotopic (exact) mass is 275 g/mol. The molecule has 0 rings (SSSR count). The standard InChI is InChI=1S/5FH.Hf/h5*1H;/q;;;;;+5/p-5. The Morgan fingerprint density at radius 1 is 0.333 bits per heavy atom. The van der Waals surface area contributed by atoms with E-state index in [4.69, 9.17) is 0 Å². The molecule has 0 heterocycles. The smallest absolute Gasteiger partial charge is 1.00 e. The first-order valence-corrected chi connectivity index (χ1v) is 0. The van der Waals surface area contributed by atoms with Gasteiger partial charge in [-0.25, -0.2) is 0 Å². The van der Waals surface area contributed by atoms with Crippen LogP contribution in [0, 0.1) is 0 Å². The molecule has 0 radical (unpaired) electrons. The van der Waals surface area contributed by atoms with E-state index in [1.807, 2.05) is 0 Å². The Bertz CT molecular complexity index is 3.90. The van der Waals surface area contributed by atoms with Crippen LogP contribution in [-0.4, -0.2) is 0 Å². The van der Waals surface area contributed by atoms with Gasteiger partial charge in [0.1, 0.15) is 0 Å². The van der Waals surface area contributed by atoms with Crippen molar-refractivity contribution >= 4 is 0 Å². The molecule has 0 N–H and O–H groups in total. The van der Waals surface area contributed by atoms with Gasteiger partial charge in [-0.05, 0) is 0 Å². The Morgan fingerprint density at radius 3 is 0.333 bits per heavy atom. The minimum atomic E-state index is 0. The second-order valence-electron chi connectivity index (χ2n) is 0. The topological polar surface area (TPSA) is 0 Å². The van der Waals surface area contributed by atoms with Crippen LogP contribution in [0.2, 0.25) is 0 Å². The molecular weight excluding hydrogens is 273 g/mol. The van der Waals surface area contributed by atoms with E-state index < -0.39 is 0 Å². The quantitative estimate of drug-likeness (QED) is 0.304. The van der Waals surface area contributed by atoms with Crippen LogP contribution in [0.1, 0.15) is 0 Å². The maximum absolute atomic E-state index is 0. The van der Waals surface area contributed by atoms with Crippen molar-refractivity contribution in [3.05, 3.63) is 0 Å². The first kappa shape index (κ1) is 734. The van der Waals surface area contributed by atoms with Gasteiger partial charge in [0.05, 0.1) is 0 Å². The molecule has 0 unspecified atom stereocenters. The Kier molecular flexibility index (Phi) is 51000. The molecule has 0 bridgehead atoms. The van der Waals surface area contributed by atoms with Gasteiger partial charge in [-0.15, -0.1) is 0 Å². The molecule has 0 nitrogen and oxygen atoms in total. The van der Waals surface area contributed by atoms with E-state index in [2.05, 4.69) is 0 Å². The minimum absolute atomic E-state index is 0. The van der Waals surface area contributed by atoms with E-state index >= 15 is 0 Å². The molecule has 39 valence electrons. The zero-order valence-corrected chi connectivity index (χ0v) is 5.98. The fourth-order valence-electron chi connectivity index (χ4n) is 0. The van der Waals surface area contributed by atoms with Gasteiger partial charge in [-0.1, -0.05) is 0 Å². The van der Waals surface area contributed by atoms with Crippen LogP contribution in [0.3, 0.4) is 0 Å². The van der Waals surface area contributed by atoms with Crippen molar-refractivity contribution in [1.82, 2.24) is 0 Å². The molecule has 0 aliphatic heterocycles. The molecule has 0 aliphatic rings. The van der Waals surface area contributed by atoms with Gasteiger partial charge in [0.15, 0.2) is 0 Å². The summed E-state index contributed by atoms with van der Waals surface area (Å²) in [4.78, 5) is 0. The van der Waals surface area contributed by atoms with Crippen molar-refractivity contribution in [3.8, 4) is 0 Å². The summed E-state index contributed by atoms with van der Waals surface area (Å²) in [5, 5.41) is 0. The number of halogens is 5. The average Bonchev–Trinajstić information content (AvgIpc) is 0. The largest absolute Gasteiger partial charge is 5.00 e. The summed E-state index contributed by atoms with van der Waals surface area (Å²) in [6.45, 7) is 0. The molecular formula is F5Hf. The van der Waals surface area contributed by atoms with Gasteiger partial charge in [-0.2, -0.15) is 0 Å². The zero-order valence-electron chi connectivity index (χ0n) is 2.39. The van der Waals surface area contributed by atoms with Gasteiger partial charge in [0, 0.05) is 0 Å². The second kappa shape index (κ2) is 417. The maximum Gasteiger partial charge on any atom is 5.00 e. The van der Waals surface area contributed by atoms with Crippen LogP contribution in [0.25, 0.3) is 0 Å². The van der Waals surface area contributed by atoms with Crippen LogP contribution >= 0.6 is 0 Å². The molecule has 0 fully saturated rings. The first-order chi connectivity index (χ1) is 0. The van der Waals surface area contributed by atoms with Gasteiger partial charge in [0.2, 0.25) is 0 Å². The molecule has 0 saturated heterocycles. The summed E-state index contributed by atoms with van der Waals surface area (Å²) in [6, 6.07) is 0. The molecule has 0 amide bonds. The van der Waals surface area contributed by atoms with E-state index in [-0.39, 0.29) is 49.4 Å². The van der Waals surface area contributed by atoms with Gasteiger partial charge >= 0.3 is 25.8 Å². The summed E-state index contributed by atoms with van der Waals surface area (Å²) >= 11 is 0. The van der Waals surface area contributed by atoms with Crippen molar-refractivity contribution in [3.63, 3.8) is 0 Å². The predicted octanol–water partition coefficient (Wildman–Crippen LogP) is -15.0. The normalized spacial score (nSPS) is 0. The molecule has 0 atom stereocenters. The molecule has 6 heteroatoms. The van der Waals surface area contributed by atoms with Crippen LogP contribution in [0.5, 0.6) is 0 Å². The van der Waals surface area contributed by atoms with Gasteiger partial charge in [-0.3, -0.25) is 0 Å². The fourth-order valence-corrected chi connectivity index (χ4v) is 0. The zero-order chi connectivity index (χ0) is 0. The van der Waals surface area contributed by atoms with Gasteiger partial charge < -0.3 is 23.5 Å². The third kappa shape index (κ3) is 207. The second-order valence-corrected chi connectivity index (χ2v) is 0.